The third-order valence-corrected chi connectivity index (χ3v) is 8.73. The zero-order chi connectivity index (χ0) is 27.5. The van der Waals surface area contributed by atoms with Gasteiger partial charge < -0.3 is 30.1 Å². The van der Waals surface area contributed by atoms with E-state index in [0.717, 1.165) is 5.56 Å². The quantitative estimate of drug-likeness (QED) is 0.424. The number of hydrogen-bond acceptors (Lipinski definition) is 4. The smallest absolute Gasteiger partial charge is 0.0379 e. The molecule has 1 unspecified atom stereocenters. The molecule has 2 aromatic rings. The number of hydrogen-bond donors (Lipinski definition) is 1. The molecule has 5 nitrogen and oxygen atoms in total. The van der Waals surface area contributed by atoms with E-state index in [1.165, 1.54) is 35.9 Å². The van der Waals surface area contributed by atoms with Gasteiger partial charge in [0.15, 0.2) is 0 Å². The molecule has 3 rings (SSSR count). The maximum atomic E-state index is 12.0. The molecule has 0 bridgehead atoms. The van der Waals surface area contributed by atoms with Gasteiger partial charge >= 0.3 is 118 Å². The van der Waals surface area contributed by atoms with Gasteiger partial charge in [0, 0.05) is 11.6 Å². The van der Waals surface area contributed by atoms with Gasteiger partial charge in [-0.2, -0.15) is 0 Å². The van der Waals surface area contributed by atoms with E-state index in [1.54, 1.807) is 22.8 Å². The Morgan fingerprint density at radius 1 is 1.03 bits per heavy atom. The summed E-state index contributed by atoms with van der Waals surface area (Å²) in [5.74, 6) is 1.27. The maximum absolute atomic E-state index is 12.0. The topological polar surface area (TPSA) is 58.6 Å². The Bertz CT molecular complexity index is 1170. The first-order valence-corrected chi connectivity index (χ1v) is 15.0. The van der Waals surface area contributed by atoms with E-state index in [0.29, 0.717) is 23.1 Å². The third-order valence-electron chi connectivity index (χ3n) is 6.38. The Morgan fingerprint density at radius 3 is 2.05 bits per heavy atom. The molecule has 0 amide bonds. The Labute approximate surface area is 253 Å². The van der Waals surface area contributed by atoms with Gasteiger partial charge in [-0.05, 0) is 42.7 Å². The van der Waals surface area contributed by atoms with E-state index < -0.39 is 10.0 Å². The largest absolute Gasteiger partial charge is 1.00 e. The van der Waals surface area contributed by atoms with Crippen molar-refractivity contribution in [3.05, 3.63) is 59.2 Å². The number of ether oxygens (including phenoxy) is 1. The van der Waals surface area contributed by atoms with Crippen molar-refractivity contribution in [1.82, 2.24) is 9.62 Å². The third kappa shape index (κ3) is 9.39. The number of nitrogens with zero attached hydrogens (tertiary/aromatic N) is 1. The number of benzene rings is 2. The molecule has 1 atom stereocenters. The van der Waals surface area contributed by atoms with Gasteiger partial charge in [-0.25, -0.2) is 0 Å². The summed E-state index contributed by atoms with van der Waals surface area (Å²) in [7, 11) is -0.379. The van der Waals surface area contributed by atoms with Crippen LogP contribution in [0.5, 0.6) is 5.75 Å². The van der Waals surface area contributed by atoms with Crippen molar-refractivity contribution in [1.29, 1.82) is 0 Å². The summed E-state index contributed by atoms with van der Waals surface area (Å²) in [5.41, 5.74) is 4.28. The summed E-state index contributed by atoms with van der Waals surface area (Å²) >= 11 is 2.37. The van der Waals surface area contributed by atoms with Crippen molar-refractivity contribution in [3.63, 3.8) is 0 Å². The second-order valence-electron chi connectivity index (χ2n) is 11.7. The van der Waals surface area contributed by atoms with Crippen LogP contribution in [-0.4, -0.2) is 43.1 Å². The van der Waals surface area contributed by atoms with E-state index >= 15 is 0 Å². The predicted octanol–water partition coefficient (Wildman–Crippen LogP) is 0.0784. The normalized spacial score (nSPS) is 17.8. The fraction of sp³-hybridized carbons (Fsp3) is 0.552. The van der Waals surface area contributed by atoms with Gasteiger partial charge in [-0.15, -0.1) is 0 Å². The Kier molecular flexibility index (Phi) is 14.4. The molecule has 1 aliphatic heterocycles. The molecular weight excluding hydrogens is 628 g/mol. The molecule has 216 valence electrons. The van der Waals surface area contributed by atoms with Crippen LogP contribution in [0, 0.1) is 5.41 Å². The molecule has 9 heteroatoms. The summed E-state index contributed by atoms with van der Waals surface area (Å²) in [5, 5.41) is 3.83. The van der Waals surface area contributed by atoms with Crippen molar-refractivity contribution < 1.29 is 55.8 Å². The fourth-order valence-electron chi connectivity index (χ4n) is 5.02. The van der Waals surface area contributed by atoms with Crippen LogP contribution in [0.1, 0.15) is 90.5 Å². The molecule has 38 heavy (non-hydrogen) atoms. The van der Waals surface area contributed by atoms with Gasteiger partial charge in [0.25, 0.3) is 0 Å². The molecule has 1 aliphatic rings. The average molecular weight is 673 g/mol. The monoisotopic (exact) mass is 672 g/mol. The second-order valence-corrected chi connectivity index (χ2v) is 14.3. The standard InChI is InChI=1S/C17H27N.C12H17NO3S.2ClH.Ru/c1-12(2)13-9-7-8-10-14(13)15-16(3,4)11-17(5,6)18-15;1-9(2)16-12-7-6-11(8-10(12)3)17(14,15)13(4)5;;;/h7-10,12,15,18H,11H2,1-6H3;3,6-9H,1-2,4-5H3;2*1H;/q;;;;+2/p-2. The van der Waals surface area contributed by atoms with Crippen LogP contribution >= 0.6 is 0 Å². The molecule has 1 heterocycles. The molecule has 0 spiro atoms. The minimum atomic E-state index is -3.40. The van der Waals surface area contributed by atoms with Crippen LogP contribution in [0.4, 0.5) is 0 Å². The first kappa shape index (κ1) is 37.2. The molecule has 0 radical (unpaired) electrons. The van der Waals surface area contributed by atoms with E-state index in [4.69, 9.17) is 4.74 Å². The van der Waals surface area contributed by atoms with Crippen molar-refractivity contribution in [2.75, 3.05) is 14.1 Å². The summed E-state index contributed by atoms with van der Waals surface area (Å²) in [6.07, 6.45) is 1.27. The average Bonchev–Trinajstić information content (AvgIpc) is 3.00. The van der Waals surface area contributed by atoms with Crippen LogP contribution in [0.3, 0.4) is 0 Å². The zero-order valence-corrected chi connectivity index (χ0v) is 28.3. The number of sulfonamides is 1. The van der Waals surface area contributed by atoms with Gasteiger partial charge in [0.1, 0.15) is 0 Å². The van der Waals surface area contributed by atoms with Crippen LogP contribution in [0.15, 0.2) is 47.4 Å². The molecule has 0 saturated carbocycles. The minimum absolute atomic E-state index is 0. The van der Waals surface area contributed by atoms with Crippen LogP contribution in [0.2, 0.25) is 0 Å². The van der Waals surface area contributed by atoms with Gasteiger partial charge in [-0.3, -0.25) is 0 Å². The predicted molar refractivity (Wildman–Crippen MR) is 147 cm³/mol. The maximum Gasteiger partial charge on any atom is 0.0379 e. The molecule has 0 aromatic heterocycles. The van der Waals surface area contributed by atoms with Gasteiger partial charge in [-0.1, -0.05) is 52.0 Å². The second kappa shape index (κ2) is 14.7. The molecule has 2 aromatic carbocycles. The van der Waals surface area contributed by atoms with Crippen LogP contribution in [0.25, 0.3) is 0 Å². The summed E-state index contributed by atoms with van der Waals surface area (Å²) in [6.45, 7) is 17.8. The van der Waals surface area contributed by atoms with E-state index in [1.807, 2.05) is 13.8 Å². The molecular formula is C29H44Cl2N2O3RuS. The zero-order valence-electron chi connectivity index (χ0n) is 24.2. The van der Waals surface area contributed by atoms with E-state index in [2.05, 4.69) is 89.0 Å². The Hall–Kier alpha value is -0.817. The number of nitrogens with one attached hydrogen (secondary N) is 1. The molecule has 1 saturated heterocycles. The first-order valence-electron chi connectivity index (χ1n) is 12.5. The summed E-state index contributed by atoms with van der Waals surface area (Å²) in [6, 6.07) is 14.2. The van der Waals surface area contributed by atoms with E-state index in [-0.39, 0.29) is 41.4 Å². The number of halogens is 2. The number of rotatable bonds is 7. The minimum Gasteiger partial charge on any atom is -1.00 e. The summed E-state index contributed by atoms with van der Waals surface area (Å²) in [4.78, 5) is 0.264. The Morgan fingerprint density at radius 2 is 1.61 bits per heavy atom. The molecule has 0 aliphatic carbocycles. The van der Waals surface area contributed by atoms with Crippen LogP contribution in [-0.2, 0) is 27.9 Å². The van der Waals surface area contributed by atoms with Crippen molar-refractivity contribution in [3.8, 4) is 5.75 Å². The van der Waals surface area contributed by atoms with Crippen molar-refractivity contribution >= 4 is 14.6 Å². The van der Waals surface area contributed by atoms with Crippen molar-refractivity contribution in [2.24, 2.45) is 5.41 Å². The van der Waals surface area contributed by atoms with Gasteiger partial charge in [0.05, 0.1) is 0 Å². The van der Waals surface area contributed by atoms with Crippen molar-refractivity contribution in [2.45, 2.75) is 90.3 Å². The van der Waals surface area contributed by atoms with Gasteiger partial charge in [0.2, 0.25) is 0 Å². The first-order chi connectivity index (χ1) is 16.5. The van der Waals surface area contributed by atoms with E-state index in [9.17, 15) is 8.42 Å². The SMILES string of the molecule is CC(C)Oc1ccc(S(=O)(=O)N(C)C)cc1[CH]=[Ru+2].CC(C)c1ccccc1C1NC(C)(C)CC1(C)C.[Cl-].[Cl-]. The van der Waals surface area contributed by atoms with Crippen LogP contribution < -0.4 is 34.9 Å². The summed E-state index contributed by atoms with van der Waals surface area (Å²) < 4.78 is 32.6. The molecule has 1 fully saturated rings. The fourth-order valence-corrected chi connectivity index (χ4v) is 6.35. The Balaban J connectivity index is 0.000000684. The molecule has 1 N–H and O–H groups in total.